The van der Waals surface area contributed by atoms with E-state index in [1.54, 1.807) is 13.0 Å². The molecule has 3 heterocycles. The number of benzene rings is 2. The van der Waals surface area contributed by atoms with Gasteiger partial charge < -0.3 is 19.7 Å². The van der Waals surface area contributed by atoms with Crippen LogP contribution in [-0.4, -0.2) is 52.4 Å². The molecular formula is C33H37FN2O5. The fraction of sp³-hybridized carbons (Fsp3) is 0.455. The van der Waals surface area contributed by atoms with Gasteiger partial charge in [-0.25, -0.2) is 9.37 Å². The molecule has 8 heteroatoms. The number of likely N-dealkylation sites (tertiary alicyclic amines) is 1. The van der Waals surface area contributed by atoms with Crippen LogP contribution in [0, 0.1) is 17.7 Å². The SMILES string of the molecule is COc1cc(-c2ccc(C3CCc4ccc(C(C5CC5)[C@H](C)C(=O)O)cc4O3)cc2CN2CC[C@@H](O)C2)c(F)cn1. The number of aryl methyl sites for hydroxylation is 1. The van der Waals surface area contributed by atoms with Crippen LogP contribution in [0.25, 0.3) is 11.1 Å². The van der Waals surface area contributed by atoms with Gasteiger partial charge in [0.2, 0.25) is 5.88 Å². The van der Waals surface area contributed by atoms with E-state index < -0.39 is 17.7 Å². The van der Waals surface area contributed by atoms with E-state index in [0.29, 0.717) is 30.5 Å². The molecule has 0 bridgehead atoms. The number of carboxylic acid groups (broad SMARTS) is 1. The van der Waals surface area contributed by atoms with Crippen molar-refractivity contribution in [2.24, 2.45) is 11.8 Å². The molecule has 4 atom stereocenters. The molecule has 2 unspecified atom stereocenters. The second kappa shape index (κ2) is 11.4. The van der Waals surface area contributed by atoms with Crippen LogP contribution in [0.2, 0.25) is 0 Å². The van der Waals surface area contributed by atoms with Gasteiger partial charge in [0.05, 0.1) is 25.3 Å². The zero-order valence-corrected chi connectivity index (χ0v) is 23.6. The number of carbonyl (C=O) groups is 1. The Morgan fingerprint density at radius 3 is 2.68 bits per heavy atom. The van der Waals surface area contributed by atoms with Gasteiger partial charge in [0.15, 0.2) is 0 Å². The topological polar surface area (TPSA) is 92.1 Å². The molecule has 3 aromatic rings. The molecule has 0 spiro atoms. The smallest absolute Gasteiger partial charge is 0.306 e. The van der Waals surface area contributed by atoms with Crippen LogP contribution in [0.5, 0.6) is 11.6 Å². The maximum Gasteiger partial charge on any atom is 0.306 e. The Kier molecular flexibility index (Phi) is 7.70. The fourth-order valence-corrected chi connectivity index (χ4v) is 6.55. The van der Waals surface area contributed by atoms with Gasteiger partial charge in [0.25, 0.3) is 0 Å². The molecular weight excluding hydrogens is 523 g/mol. The lowest BCUT2D eigenvalue weighted by atomic mass is 9.82. The fourth-order valence-electron chi connectivity index (χ4n) is 6.55. The van der Waals surface area contributed by atoms with E-state index in [2.05, 4.69) is 34.1 Å². The summed E-state index contributed by atoms with van der Waals surface area (Å²) in [6, 6.07) is 13.9. The van der Waals surface area contributed by atoms with Gasteiger partial charge in [0.1, 0.15) is 17.7 Å². The number of aliphatic hydroxyl groups excluding tert-OH is 1. The molecule has 0 amide bonds. The van der Waals surface area contributed by atoms with Crippen molar-refractivity contribution in [3.8, 4) is 22.8 Å². The number of ether oxygens (including phenoxy) is 2. The highest BCUT2D eigenvalue weighted by atomic mass is 19.1. The molecule has 7 nitrogen and oxygen atoms in total. The number of methoxy groups -OCH3 is 1. The van der Waals surface area contributed by atoms with Crippen molar-refractivity contribution >= 4 is 5.97 Å². The lowest BCUT2D eigenvalue weighted by Gasteiger charge is -2.29. The number of halogens is 1. The number of hydrogen-bond donors (Lipinski definition) is 2. The highest BCUT2D eigenvalue weighted by Gasteiger charge is 2.39. The van der Waals surface area contributed by atoms with Crippen molar-refractivity contribution < 1.29 is 28.9 Å². The van der Waals surface area contributed by atoms with E-state index in [9.17, 15) is 15.0 Å². The van der Waals surface area contributed by atoms with Crippen LogP contribution in [-0.2, 0) is 17.8 Å². The average Bonchev–Trinajstić information content (AvgIpc) is 3.73. The summed E-state index contributed by atoms with van der Waals surface area (Å²) in [6.45, 7) is 3.74. The van der Waals surface area contributed by atoms with Crippen LogP contribution in [0.1, 0.15) is 66.9 Å². The number of hydrogen-bond acceptors (Lipinski definition) is 6. The molecule has 2 N–H and O–H groups in total. The minimum absolute atomic E-state index is 0.0178. The number of rotatable bonds is 9. The van der Waals surface area contributed by atoms with Gasteiger partial charge >= 0.3 is 5.97 Å². The Morgan fingerprint density at radius 2 is 1.98 bits per heavy atom. The largest absolute Gasteiger partial charge is 0.485 e. The summed E-state index contributed by atoms with van der Waals surface area (Å²) in [6.07, 6.45) is 5.17. The van der Waals surface area contributed by atoms with Gasteiger partial charge in [0, 0.05) is 31.3 Å². The first-order valence-electron chi connectivity index (χ1n) is 14.6. The predicted octanol–water partition coefficient (Wildman–Crippen LogP) is 5.74. The van der Waals surface area contributed by atoms with Crippen LogP contribution < -0.4 is 9.47 Å². The summed E-state index contributed by atoms with van der Waals surface area (Å²) in [4.78, 5) is 18.0. The second-order valence-corrected chi connectivity index (χ2v) is 11.8. The Labute approximate surface area is 239 Å². The van der Waals surface area contributed by atoms with Crippen LogP contribution in [0.4, 0.5) is 4.39 Å². The van der Waals surface area contributed by atoms with E-state index in [4.69, 9.17) is 9.47 Å². The third-order valence-electron chi connectivity index (χ3n) is 8.95. The van der Waals surface area contributed by atoms with Gasteiger partial charge in [-0.3, -0.25) is 9.69 Å². The number of aromatic nitrogens is 1. The monoisotopic (exact) mass is 560 g/mol. The molecule has 216 valence electrons. The van der Waals surface area contributed by atoms with Crippen LogP contribution in [0.15, 0.2) is 48.7 Å². The Hall–Kier alpha value is -3.49. The predicted molar refractivity (Wildman–Crippen MR) is 152 cm³/mol. The minimum Gasteiger partial charge on any atom is -0.485 e. The lowest BCUT2D eigenvalue weighted by molar-refractivity contribution is -0.142. The molecule has 2 aromatic carbocycles. The van der Waals surface area contributed by atoms with Crippen LogP contribution in [0.3, 0.4) is 0 Å². The molecule has 41 heavy (non-hydrogen) atoms. The van der Waals surface area contributed by atoms with Crippen molar-refractivity contribution in [2.45, 2.75) is 63.7 Å². The number of aliphatic carboxylic acids is 1. The third kappa shape index (κ3) is 5.81. The minimum atomic E-state index is -0.764. The van der Waals surface area contributed by atoms with E-state index in [0.717, 1.165) is 72.2 Å². The van der Waals surface area contributed by atoms with Crippen molar-refractivity contribution in [3.05, 3.63) is 76.7 Å². The van der Waals surface area contributed by atoms with Crippen molar-refractivity contribution in [2.75, 3.05) is 20.2 Å². The molecule has 2 fully saturated rings. The van der Waals surface area contributed by atoms with E-state index >= 15 is 4.39 Å². The van der Waals surface area contributed by atoms with E-state index in [1.165, 1.54) is 13.3 Å². The van der Waals surface area contributed by atoms with Crippen molar-refractivity contribution in [1.29, 1.82) is 0 Å². The number of aliphatic hydroxyl groups is 1. The zero-order chi connectivity index (χ0) is 28.7. The molecule has 2 aliphatic heterocycles. The number of nitrogens with zero attached hydrogens (tertiary/aromatic N) is 2. The Bertz CT molecular complexity index is 1440. The van der Waals surface area contributed by atoms with Gasteiger partial charge in [-0.05, 0) is 77.8 Å². The molecule has 1 saturated heterocycles. The average molecular weight is 561 g/mol. The highest BCUT2D eigenvalue weighted by molar-refractivity contribution is 5.71. The first-order chi connectivity index (χ1) is 19.8. The number of β-amino-alcohol motifs (C(OH)–C–C–N with tert-alkyl or cyclic N) is 1. The highest BCUT2D eigenvalue weighted by Crippen LogP contribution is 2.48. The first-order valence-corrected chi connectivity index (χ1v) is 14.6. The van der Waals surface area contributed by atoms with E-state index in [-0.39, 0.29) is 18.1 Å². The number of pyridine rings is 1. The summed E-state index contributed by atoms with van der Waals surface area (Å²) in [5.74, 6) is -0.0813. The summed E-state index contributed by atoms with van der Waals surface area (Å²) < 4.78 is 26.9. The Morgan fingerprint density at radius 1 is 1.15 bits per heavy atom. The summed E-state index contributed by atoms with van der Waals surface area (Å²) in [5, 5.41) is 19.8. The third-order valence-corrected chi connectivity index (χ3v) is 8.95. The molecule has 0 radical (unpaired) electrons. The lowest BCUT2D eigenvalue weighted by Crippen LogP contribution is -2.23. The summed E-state index contributed by atoms with van der Waals surface area (Å²) >= 11 is 0. The zero-order valence-electron chi connectivity index (χ0n) is 23.6. The van der Waals surface area contributed by atoms with Crippen molar-refractivity contribution in [1.82, 2.24) is 9.88 Å². The standard InChI is InChI=1S/C33H37FN2O5/c1-19(33(38)39)32(21-4-5-21)23-6-3-20-8-10-29(41-30(20)14-23)22-7-9-26(27-15-31(40-2)35-16-28(27)34)24(13-22)17-36-12-11-25(37)18-36/h3,6-7,9,13-16,19,21,25,29,32,37H,4-5,8,10-12,17-18H2,1-2H3,(H,38,39)/t19-,25+,29?,32?/m0/s1. The Balaban J connectivity index is 1.31. The summed E-state index contributed by atoms with van der Waals surface area (Å²) in [7, 11) is 1.51. The van der Waals surface area contributed by atoms with Crippen LogP contribution >= 0.6 is 0 Å². The summed E-state index contributed by atoms with van der Waals surface area (Å²) in [5.41, 5.74) is 5.33. The van der Waals surface area contributed by atoms with Crippen molar-refractivity contribution in [3.63, 3.8) is 0 Å². The number of fused-ring (bicyclic) bond motifs is 1. The van der Waals surface area contributed by atoms with Gasteiger partial charge in [-0.15, -0.1) is 0 Å². The maximum atomic E-state index is 15.0. The molecule has 3 aliphatic rings. The number of carboxylic acids is 1. The molecule has 1 aromatic heterocycles. The maximum absolute atomic E-state index is 15.0. The molecule has 1 aliphatic carbocycles. The van der Waals surface area contributed by atoms with Gasteiger partial charge in [-0.2, -0.15) is 0 Å². The van der Waals surface area contributed by atoms with Gasteiger partial charge in [-0.1, -0.05) is 37.3 Å². The van der Waals surface area contributed by atoms with E-state index in [1.807, 2.05) is 12.1 Å². The first kappa shape index (κ1) is 27.7. The molecule has 1 saturated carbocycles. The quantitative estimate of drug-likeness (QED) is 0.345. The second-order valence-electron chi connectivity index (χ2n) is 11.8. The molecule has 6 rings (SSSR count). The normalized spacial score (nSPS) is 22.0.